The minimum atomic E-state index is -0.451. The molecule has 0 radical (unpaired) electrons. The molecule has 0 aliphatic heterocycles. The highest BCUT2D eigenvalue weighted by Crippen LogP contribution is 2.18. The van der Waals surface area contributed by atoms with E-state index < -0.39 is 5.91 Å². The Morgan fingerprint density at radius 3 is 2.95 bits per heavy atom. The summed E-state index contributed by atoms with van der Waals surface area (Å²) in [6.07, 6.45) is 0. The molecule has 0 fully saturated rings. The summed E-state index contributed by atoms with van der Waals surface area (Å²) >= 11 is 0. The molecule has 2 aromatic rings. The van der Waals surface area contributed by atoms with E-state index in [2.05, 4.69) is 5.32 Å². The third-order valence-corrected chi connectivity index (χ3v) is 2.55. The molecule has 0 atom stereocenters. The number of nitrogens with two attached hydrogens (primary N) is 1. The standard InChI is InChI=1S/C13H15N3O3/c1-18-10-4-2-3-9(7-10)15-8-11-5-6-12(19-11)13(17)16-14/h2-7,15H,8,14H2,1H3,(H,16,17). The first kappa shape index (κ1) is 13.0. The van der Waals surface area contributed by atoms with Crippen molar-refractivity contribution < 1.29 is 13.9 Å². The van der Waals surface area contributed by atoms with Crippen molar-refractivity contribution in [2.24, 2.45) is 5.84 Å². The maximum atomic E-state index is 11.2. The van der Waals surface area contributed by atoms with E-state index in [0.29, 0.717) is 12.3 Å². The normalized spacial score (nSPS) is 10.0. The summed E-state index contributed by atoms with van der Waals surface area (Å²) in [5.41, 5.74) is 2.92. The zero-order valence-corrected chi connectivity index (χ0v) is 10.5. The zero-order valence-electron chi connectivity index (χ0n) is 10.5. The van der Waals surface area contributed by atoms with Crippen LogP contribution < -0.4 is 21.3 Å². The van der Waals surface area contributed by atoms with E-state index in [9.17, 15) is 4.79 Å². The fourth-order valence-corrected chi connectivity index (χ4v) is 1.59. The Morgan fingerprint density at radius 1 is 1.37 bits per heavy atom. The monoisotopic (exact) mass is 261 g/mol. The number of hydrazine groups is 1. The number of carbonyl (C=O) groups is 1. The lowest BCUT2D eigenvalue weighted by atomic mass is 10.3. The van der Waals surface area contributed by atoms with Gasteiger partial charge in [-0.3, -0.25) is 10.2 Å². The Balaban J connectivity index is 1.98. The van der Waals surface area contributed by atoms with Gasteiger partial charge < -0.3 is 14.5 Å². The fraction of sp³-hybridized carbons (Fsp3) is 0.154. The summed E-state index contributed by atoms with van der Waals surface area (Å²) in [6.45, 7) is 0.463. The molecule has 0 saturated heterocycles. The van der Waals surface area contributed by atoms with E-state index in [1.165, 1.54) is 0 Å². The van der Waals surface area contributed by atoms with Crippen LogP contribution >= 0.6 is 0 Å². The minimum absolute atomic E-state index is 0.185. The molecule has 2 rings (SSSR count). The van der Waals surface area contributed by atoms with Gasteiger partial charge in [0.1, 0.15) is 11.5 Å². The SMILES string of the molecule is COc1cccc(NCc2ccc(C(=O)NN)o2)c1. The Morgan fingerprint density at radius 2 is 2.21 bits per heavy atom. The number of rotatable bonds is 5. The number of anilines is 1. The van der Waals surface area contributed by atoms with E-state index in [0.717, 1.165) is 11.4 Å². The lowest BCUT2D eigenvalue weighted by Crippen LogP contribution is -2.29. The summed E-state index contributed by atoms with van der Waals surface area (Å²) in [4.78, 5) is 11.2. The van der Waals surface area contributed by atoms with Gasteiger partial charge >= 0.3 is 5.91 Å². The van der Waals surface area contributed by atoms with Crippen molar-refractivity contribution in [1.29, 1.82) is 0 Å². The molecular formula is C13H15N3O3. The number of benzene rings is 1. The first-order valence-corrected chi connectivity index (χ1v) is 5.70. The Kier molecular flexibility index (Phi) is 4.04. The molecule has 6 nitrogen and oxygen atoms in total. The van der Waals surface area contributed by atoms with Crippen LogP contribution in [0, 0.1) is 0 Å². The van der Waals surface area contributed by atoms with Crippen molar-refractivity contribution in [2.45, 2.75) is 6.54 Å². The van der Waals surface area contributed by atoms with Crippen LogP contribution in [0.5, 0.6) is 5.75 Å². The molecular weight excluding hydrogens is 246 g/mol. The molecule has 1 heterocycles. The average molecular weight is 261 g/mol. The van der Waals surface area contributed by atoms with Crippen LogP contribution in [0.3, 0.4) is 0 Å². The number of carbonyl (C=O) groups excluding carboxylic acids is 1. The van der Waals surface area contributed by atoms with Gasteiger partial charge in [0.2, 0.25) is 0 Å². The third-order valence-electron chi connectivity index (χ3n) is 2.55. The highest BCUT2D eigenvalue weighted by Gasteiger charge is 2.09. The highest BCUT2D eigenvalue weighted by molar-refractivity contribution is 5.90. The van der Waals surface area contributed by atoms with Crippen LogP contribution in [0.4, 0.5) is 5.69 Å². The molecule has 19 heavy (non-hydrogen) atoms. The summed E-state index contributed by atoms with van der Waals surface area (Å²) in [6, 6.07) is 10.8. The summed E-state index contributed by atoms with van der Waals surface area (Å²) in [5, 5.41) is 3.17. The quantitative estimate of drug-likeness (QED) is 0.431. The van der Waals surface area contributed by atoms with Gasteiger partial charge in [-0.1, -0.05) is 6.07 Å². The van der Waals surface area contributed by atoms with E-state index in [-0.39, 0.29) is 5.76 Å². The Hall–Kier alpha value is -2.47. The van der Waals surface area contributed by atoms with Gasteiger partial charge in [0.05, 0.1) is 13.7 Å². The summed E-state index contributed by atoms with van der Waals surface area (Å²) in [5.74, 6) is 6.17. The predicted molar refractivity (Wildman–Crippen MR) is 70.7 cm³/mol. The molecule has 1 aromatic carbocycles. The number of amides is 1. The number of hydrogen-bond acceptors (Lipinski definition) is 5. The molecule has 0 aliphatic carbocycles. The van der Waals surface area contributed by atoms with Crippen LogP contribution in [0.15, 0.2) is 40.8 Å². The highest BCUT2D eigenvalue weighted by atomic mass is 16.5. The van der Waals surface area contributed by atoms with Crippen LogP contribution in [-0.2, 0) is 6.54 Å². The van der Waals surface area contributed by atoms with Crippen molar-refractivity contribution >= 4 is 11.6 Å². The van der Waals surface area contributed by atoms with Gasteiger partial charge in [-0.05, 0) is 24.3 Å². The number of ether oxygens (including phenoxy) is 1. The molecule has 0 bridgehead atoms. The molecule has 1 aromatic heterocycles. The molecule has 0 saturated carbocycles. The van der Waals surface area contributed by atoms with Crippen molar-refractivity contribution in [2.75, 3.05) is 12.4 Å². The predicted octanol–water partition coefficient (Wildman–Crippen LogP) is 1.50. The van der Waals surface area contributed by atoms with Gasteiger partial charge in [0.15, 0.2) is 5.76 Å². The van der Waals surface area contributed by atoms with Crippen LogP contribution in [0.1, 0.15) is 16.3 Å². The maximum Gasteiger partial charge on any atom is 0.300 e. The number of nitrogens with one attached hydrogen (secondary N) is 2. The first-order chi connectivity index (χ1) is 9.22. The molecule has 100 valence electrons. The van der Waals surface area contributed by atoms with Gasteiger partial charge in [0.25, 0.3) is 0 Å². The van der Waals surface area contributed by atoms with Crippen molar-refractivity contribution in [3.05, 3.63) is 47.9 Å². The lowest BCUT2D eigenvalue weighted by molar-refractivity contribution is 0.0924. The third kappa shape index (κ3) is 3.26. The van der Waals surface area contributed by atoms with Crippen LogP contribution in [0.2, 0.25) is 0 Å². The van der Waals surface area contributed by atoms with Gasteiger partial charge in [-0.2, -0.15) is 0 Å². The average Bonchev–Trinajstić information content (AvgIpc) is 2.93. The maximum absolute atomic E-state index is 11.2. The fourth-order valence-electron chi connectivity index (χ4n) is 1.59. The number of methoxy groups -OCH3 is 1. The second kappa shape index (κ2) is 5.92. The molecule has 0 spiro atoms. The lowest BCUT2D eigenvalue weighted by Gasteiger charge is -2.06. The topological polar surface area (TPSA) is 89.5 Å². The molecule has 0 aliphatic rings. The zero-order chi connectivity index (χ0) is 13.7. The largest absolute Gasteiger partial charge is 0.497 e. The van der Waals surface area contributed by atoms with Crippen molar-refractivity contribution in [3.8, 4) is 5.75 Å². The number of hydrogen-bond donors (Lipinski definition) is 3. The van der Waals surface area contributed by atoms with E-state index in [1.54, 1.807) is 19.2 Å². The van der Waals surface area contributed by atoms with Gasteiger partial charge in [-0.25, -0.2) is 5.84 Å². The number of furan rings is 1. The van der Waals surface area contributed by atoms with Gasteiger partial charge in [0, 0.05) is 11.8 Å². The minimum Gasteiger partial charge on any atom is -0.497 e. The summed E-state index contributed by atoms with van der Waals surface area (Å²) < 4.78 is 10.5. The second-order valence-electron chi connectivity index (χ2n) is 3.82. The van der Waals surface area contributed by atoms with Crippen LogP contribution in [0.25, 0.3) is 0 Å². The number of nitrogen functional groups attached to an aromatic ring is 1. The molecule has 1 amide bonds. The smallest absolute Gasteiger partial charge is 0.300 e. The van der Waals surface area contributed by atoms with E-state index in [4.69, 9.17) is 15.0 Å². The molecule has 4 N–H and O–H groups in total. The van der Waals surface area contributed by atoms with Crippen molar-refractivity contribution in [3.63, 3.8) is 0 Å². The Labute approximate surface area is 110 Å². The van der Waals surface area contributed by atoms with E-state index in [1.807, 2.05) is 29.7 Å². The Bertz CT molecular complexity index is 566. The van der Waals surface area contributed by atoms with Crippen LogP contribution in [-0.4, -0.2) is 13.0 Å². The van der Waals surface area contributed by atoms with E-state index >= 15 is 0 Å². The second-order valence-corrected chi connectivity index (χ2v) is 3.82. The first-order valence-electron chi connectivity index (χ1n) is 5.70. The molecule has 6 heteroatoms. The summed E-state index contributed by atoms with van der Waals surface area (Å²) in [7, 11) is 1.61. The molecule has 0 unspecified atom stereocenters. The van der Waals surface area contributed by atoms with Gasteiger partial charge in [-0.15, -0.1) is 0 Å². The van der Waals surface area contributed by atoms with Crippen molar-refractivity contribution in [1.82, 2.24) is 5.43 Å².